The molecule has 1 rings (SSSR count). The first kappa shape index (κ1) is 8.23. The molecule has 0 aromatic carbocycles. The van der Waals surface area contributed by atoms with Gasteiger partial charge in [0.1, 0.15) is 0 Å². The zero-order valence-corrected chi connectivity index (χ0v) is 6.80. The van der Waals surface area contributed by atoms with E-state index >= 15 is 0 Å². The van der Waals surface area contributed by atoms with Crippen LogP contribution in [-0.2, 0) is 11.2 Å². The first-order valence-electron chi connectivity index (χ1n) is 3.27. The standard InChI is InChI=1S/C7H9NO2S/c8-6(7(9)10)3-5-1-2-11-4-5/h1-2,4,6H,3,8H2,(H,9,10)/p+1. The van der Waals surface area contributed by atoms with Gasteiger partial charge in [0.2, 0.25) is 0 Å². The number of hydrogen-bond donors (Lipinski definition) is 2. The van der Waals surface area contributed by atoms with Gasteiger partial charge in [-0.2, -0.15) is 11.3 Å². The highest BCUT2D eigenvalue weighted by atomic mass is 32.1. The van der Waals surface area contributed by atoms with Crippen LogP contribution in [0, 0.1) is 0 Å². The lowest BCUT2D eigenvalue weighted by atomic mass is 10.1. The zero-order chi connectivity index (χ0) is 8.27. The molecule has 1 unspecified atom stereocenters. The molecule has 0 aliphatic rings. The molecule has 0 spiro atoms. The fourth-order valence-electron chi connectivity index (χ4n) is 0.781. The molecule has 1 aromatic rings. The molecular formula is C7H10NO2S+. The van der Waals surface area contributed by atoms with Crippen molar-refractivity contribution >= 4 is 17.3 Å². The van der Waals surface area contributed by atoms with Crippen LogP contribution in [0.15, 0.2) is 16.8 Å². The third-order valence-electron chi connectivity index (χ3n) is 1.41. The van der Waals surface area contributed by atoms with Crippen LogP contribution in [0.1, 0.15) is 5.56 Å². The second kappa shape index (κ2) is 3.50. The summed E-state index contributed by atoms with van der Waals surface area (Å²) in [6.45, 7) is 0. The average Bonchev–Trinajstić information content (AvgIpc) is 2.39. The quantitative estimate of drug-likeness (QED) is 0.673. The van der Waals surface area contributed by atoms with Crippen LogP contribution in [0.2, 0.25) is 0 Å². The summed E-state index contributed by atoms with van der Waals surface area (Å²) in [7, 11) is 0. The first-order valence-corrected chi connectivity index (χ1v) is 4.21. The maximum absolute atomic E-state index is 10.4. The highest BCUT2D eigenvalue weighted by Crippen LogP contribution is 2.07. The minimum Gasteiger partial charge on any atom is -0.477 e. The van der Waals surface area contributed by atoms with Gasteiger partial charge in [0.05, 0.1) is 0 Å². The third kappa shape index (κ3) is 2.32. The van der Waals surface area contributed by atoms with E-state index in [1.165, 1.54) is 0 Å². The molecule has 1 atom stereocenters. The zero-order valence-electron chi connectivity index (χ0n) is 5.99. The molecule has 1 heterocycles. The Morgan fingerprint density at radius 1 is 1.82 bits per heavy atom. The van der Waals surface area contributed by atoms with Gasteiger partial charge < -0.3 is 10.8 Å². The molecule has 0 amide bonds. The van der Waals surface area contributed by atoms with Crippen LogP contribution in [0.4, 0.5) is 0 Å². The number of carbonyl (C=O) groups is 1. The molecule has 0 aliphatic carbocycles. The third-order valence-corrected chi connectivity index (χ3v) is 2.14. The number of thiophene rings is 1. The Labute approximate surface area is 68.5 Å². The van der Waals surface area contributed by atoms with Crippen molar-refractivity contribution in [2.45, 2.75) is 12.5 Å². The van der Waals surface area contributed by atoms with Gasteiger partial charge in [-0.25, -0.2) is 4.79 Å². The average molecular weight is 172 g/mol. The van der Waals surface area contributed by atoms with Gasteiger partial charge in [0.15, 0.2) is 6.04 Å². The Morgan fingerprint density at radius 3 is 3.00 bits per heavy atom. The van der Waals surface area contributed by atoms with Gasteiger partial charge in [-0.15, -0.1) is 0 Å². The lowest BCUT2D eigenvalue weighted by molar-refractivity contribution is -0.407. The van der Waals surface area contributed by atoms with Crippen LogP contribution in [-0.4, -0.2) is 17.1 Å². The van der Waals surface area contributed by atoms with Crippen molar-refractivity contribution in [3.63, 3.8) is 0 Å². The fraction of sp³-hybridized carbons (Fsp3) is 0.286. The van der Waals surface area contributed by atoms with E-state index in [0.29, 0.717) is 6.42 Å². The van der Waals surface area contributed by atoms with Crippen LogP contribution in [0.5, 0.6) is 0 Å². The smallest absolute Gasteiger partial charge is 0.362 e. The lowest BCUT2D eigenvalue weighted by Crippen LogP contribution is -2.65. The molecule has 1 aromatic heterocycles. The Balaban J connectivity index is 2.50. The summed E-state index contributed by atoms with van der Waals surface area (Å²) in [5.41, 5.74) is 4.57. The van der Waals surface area contributed by atoms with Crippen molar-refractivity contribution < 1.29 is 15.6 Å². The normalized spacial score (nSPS) is 12.8. The summed E-state index contributed by atoms with van der Waals surface area (Å²) in [6, 6.07) is 1.40. The highest BCUT2D eigenvalue weighted by Gasteiger charge is 2.15. The largest absolute Gasteiger partial charge is 0.477 e. The van der Waals surface area contributed by atoms with Gasteiger partial charge >= 0.3 is 5.97 Å². The van der Waals surface area contributed by atoms with E-state index in [2.05, 4.69) is 5.73 Å². The molecule has 3 nitrogen and oxygen atoms in total. The number of aliphatic carboxylic acids is 1. The summed E-state index contributed by atoms with van der Waals surface area (Å²) >= 11 is 1.57. The van der Waals surface area contributed by atoms with E-state index in [0.717, 1.165) is 5.56 Å². The minimum absolute atomic E-state index is 0.524. The Hall–Kier alpha value is -0.870. The molecular weight excluding hydrogens is 162 g/mol. The minimum atomic E-state index is -0.837. The van der Waals surface area contributed by atoms with E-state index in [4.69, 9.17) is 5.11 Å². The van der Waals surface area contributed by atoms with Crippen LogP contribution in [0.25, 0.3) is 0 Å². The van der Waals surface area contributed by atoms with E-state index in [9.17, 15) is 4.79 Å². The fourth-order valence-corrected chi connectivity index (χ4v) is 1.46. The van der Waals surface area contributed by atoms with Crippen molar-refractivity contribution in [2.24, 2.45) is 0 Å². The molecule has 0 bridgehead atoms. The number of quaternary nitrogens is 1. The van der Waals surface area contributed by atoms with Crippen LogP contribution in [0.3, 0.4) is 0 Å². The summed E-state index contributed by atoms with van der Waals surface area (Å²) in [4.78, 5) is 10.4. The Kier molecular flexibility index (Phi) is 2.62. The molecule has 0 saturated heterocycles. The first-order chi connectivity index (χ1) is 5.20. The van der Waals surface area contributed by atoms with Gasteiger partial charge in [-0.3, -0.25) is 0 Å². The van der Waals surface area contributed by atoms with E-state index in [1.807, 2.05) is 16.8 Å². The van der Waals surface area contributed by atoms with E-state index in [-0.39, 0.29) is 0 Å². The van der Waals surface area contributed by atoms with Gasteiger partial charge in [-0.05, 0) is 22.4 Å². The van der Waals surface area contributed by atoms with Crippen molar-refractivity contribution in [1.82, 2.24) is 0 Å². The summed E-state index contributed by atoms with van der Waals surface area (Å²) in [5, 5.41) is 12.4. The topological polar surface area (TPSA) is 64.9 Å². The number of hydrogen-bond acceptors (Lipinski definition) is 2. The second-order valence-corrected chi connectivity index (χ2v) is 3.15. The Morgan fingerprint density at radius 2 is 2.55 bits per heavy atom. The van der Waals surface area contributed by atoms with E-state index < -0.39 is 12.0 Å². The van der Waals surface area contributed by atoms with Gasteiger partial charge in [0, 0.05) is 6.42 Å². The predicted octanol–water partition coefficient (Wildman–Crippen LogP) is -0.0143. The van der Waals surface area contributed by atoms with Crippen LogP contribution < -0.4 is 5.73 Å². The molecule has 11 heavy (non-hydrogen) atoms. The molecule has 0 aliphatic heterocycles. The maximum atomic E-state index is 10.4. The summed E-state index contributed by atoms with van der Waals surface area (Å²) < 4.78 is 0. The number of rotatable bonds is 3. The summed E-state index contributed by atoms with van der Waals surface area (Å²) in [5.74, 6) is -0.837. The van der Waals surface area contributed by atoms with Gasteiger partial charge in [0.25, 0.3) is 0 Å². The predicted molar refractivity (Wildman–Crippen MR) is 42.3 cm³/mol. The molecule has 4 heteroatoms. The number of carboxylic acid groups (broad SMARTS) is 1. The second-order valence-electron chi connectivity index (χ2n) is 2.37. The van der Waals surface area contributed by atoms with E-state index in [1.54, 1.807) is 11.3 Å². The maximum Gasteiger partial charge on any atom is 0.362 e. The van der Waals surface area contributed by atoms with Crippen LogP contribution >= 0.6 is 11.3 Å². The summed E-state index contributed by atoms with van der Waals surface area (Å²) in [6.07, 6.45) is 0.527. The molecule has 0 radical (unpaired) electrons. The highest BCUT2D eigenvalue weighted by molar-refractivity contribution is 7.07. The van der Waals surface area contributed by atoms with Gasteiger partial charge in [-0.1, -0.05) is 0 Å². The monoisotopic (exact) mass is 172 g/mol. The molecule has 0 fully saturated rings. The molecule has 60 valence electrons. The SMILES string of the molecule is [NH3+]C(Cc1ccsc1)C(=O)O. The molecule has 0 saturated carbocycles. The number of carboxylic acids is 1. The lowest BCUT2D eigenvalue weighted by Gasteiger charge is -1.99. The molecule has 4 N–H and O–H groups in total. The van der Waals surface area contributed by atoms with Crippen molar-refractivity contribution in [1.29, 1.82) is 0 Å². The van der Waals surface area contributed by atoms with Crippen molar-refractivity contribution in [3.8, 4) is 0 Å². The van der Waals surface area contributed by atoms with Crippen molar-refractivity contribution in [2.75, 3.05) is 0 Å². The Bertz CT molecular complexity index is 233. The van der Waals surface area contributed by atoms with Crippen molar-refractivity contribution in [3.05, 3.63) is 22.4 Å².